The number of carboxylic acid groups (broad SMARTS) is 4. The summed E-state index contributed by atoms with van der Waals surface area (Å²) in [5, 5.41) is 68.6. The molecule has 108 heavy (non-hydrogen) atoms. The molecule has 5 fully saturated rings. The van der Waals surface area contributed by atoms with Gasteiger partial charge in [0.1, 0.15) is 0 Å². The van der Waals surface area contributed by atoms with Crippen LogP contribution < -0.4 is 48.4 Å². The van der Waals surface area contributed by atoms with E-state index in [4.69, 9.17) is 49.6 Å². The van der Waals surface area contributed by atoms with Crippen LogP contribution in [0, 0.1) is 132 Å². The summed E-state index contributed by atoms with van der Waals surface area (Å²) in [6.45, 7) is 35.3. The third-order valence-electron chi connectivity index (χ3n) is 22.4. The van der Waals surface area contributed by atoms with Gasteiger partial charge in [-0.05, 0) is 226 Å². The van der Waals surface area contributed by atoms with Crippen molar-refractivity contribution in [2.45, 2.75) is 167 Å². The van der Waals surface area contributed by atoms with E-state index in [2.05, 4.69) is 167 Å². The first kappa shape index (κ1) is 93.6. The van der Waals surface area contributed by atoms with E-state index in [0.717, 1.165) is 104 Å². The van der Waals surface area contributed by atoms with Crippen molar-refractivity contribution in [1.29, 1.82) is 0 Å². The number of hydrogen-bond donors (Lipinski definition) is 8. The summed E-state index contributed by atoms with van der Waals surface area (Å²) in [4.78, 5) is 41.0. The Morgan fingerprint density at radius 1 is 0.426 bits per heavy atom. The maximum atomic E-state index is 12.6. The minimum absolute atomic E-state index is 0. The topological polar surface area (TPSA) is 329 Å². The fourth-order valence-corrected chi connectivity index (χ4v) is 18.7. The first-order valence-corrected chi connectivity index (χ1v) is 40.7. The van der Waals surface area contributed by atoms with E-state index in [9.17, 15) is 36.0 Å². The van der Waals surface area contributed by atoms with Gasteiger partial charge in [-0.3, -0.25) is 18.0 Å². The number of hydrogen-bond acceptors (Lipinski definition) is 14. The van der Waals surface area contributed by atoms with Crippen LogP contribution in [0.3, 0.4) is 0 Å². The average Bonchev–Trinajstić information content (AvgIpc) is 1.65. The van der Waals surface area contributed by atoms with Crippen LogP contribution in [-0.2, 0) is 47.8 Å². The second kappa shape index (κ2) is 41.2. The van der Waals surface area contributed by atoms with E-state index in [0.29, 0.717) is 42.2 Å². The van der Waals surface area contributed by atoms with Crippen molar-refractivity contribution in [2.75, 3.05) is 52.6 Å². The number of aryl methyl sites for hydroxylation is 2. The zero-order valence-corrected chi connectivity index (χ0v) is 68.4. The molecule has 0 spiro atoms. The Morgan fingerprint density at radius 3 is 0.944 bits per heavy atom. The summed E-state index contributed by atoms with van der Waals surface area (Å²) < 4.78 is 61.1. The van der Waals surface area contributed by atoms with Crippen LogP contribution in [0.25, 0.3) is 10.6 Å². The summed E-state index contributed by atoms with van der Waals surface area (Å²) in [6, 6.07) is 13.0. The molecule has 20 unspecified atom stereocenters. The molecule has 11 aliphatic carbocycles. The smallest absolute Gasteiger partial charge is 0.657 e. The molecule has 24 heteroatoms. The Hall–Kier alpha value is -4.99. The zero-order chi connectivity index (χ0) is 78.3. The molecule has 0 amide bonds. The van der Waals surface area contributed by atoms with Gasteiger partial charge in [-0.25, -0.2) is 9.59 Å². The number of carbonyl (C=O) groups is 4. The van der Waals surface area contributed by atoms with Gasteiger partial charge >= 0.3 is 61.6 Å². The van der Waals surface area contributed by atoms with Crippen LogP contribution in [0.1, 0.15) is 133 Å². The SMILES string of the molecule is C1=CCC=C1.CC(C)(C)NCC1C2C=CC(C2)C1CNC(C)(C)C.CC(C)(C)[N-]CC1C2C=CC(C2)C1C[N-]C(C)(C)C.Cc1ccc(S(=O)(=O)OCC2C3C=CC(C3)C2COS(=O)(=O)c2ccc(C)cc2)cc1.O=C(O)/C=C/C(=O)O.O=C(O)C1C2C=CC(C2)C1C(=O)O.OCC1C2C=CC(C2)C1CO.[Li+].[Li+]. The second-order valence-electron chi connectivity index (χ2n) is 34.6. The molecule has 2 aromatic carbocycles. The van der Waals surface area contributed by atoms with Gasteiger partial charge in [0.05, 0.1) is 34.8 Å². The van der Waals surface area contributed by atoms with Crippen LogP contribution in [0.4, 0.5) is 0 Å². The quantitative estimate of drug-likeness (QED) is 0.0239. The van der Waals surface area contributed by atoms with Crippen LogP contribution in [-0.4, -0.2) is 146 Å². The summed E-state index contributed by atoms with van der Waals surface area (Å²) in [5.74, 6) is 1.99. The molecule has 588 valence electrons. The summed E-state index contributed by atoms with van der Waals surface area (Å²) in [6.07, 6.45) is 38.0. The van der Waals surface area contributed by atoms with Gasteiger partial charge in [0.15, 0.2) is 0 Å². The number of aliphatic hydroxyl groups excluding tert-OH is 2. The van der Waals surface area contributed by atoms with Gasteiger partial charge in [-0.1, -0.05) is 174 Å². The molecule has 0 radical (unpaired) electrons. The molecule has 0 aliphatic heterocycles. The molecule has 20 atom stereocenters. The average molecular weight is 1520 g/mol. The van der Waals surface area contributed by atoms with Gasteiger partial charge in [0.25, 0.3) is 20.2 Å². The Balaban J connectivity index is 0.000000239. The molecule has 2 aromatic rings. The molecule has 0 heterocycles. The van der Waals surface area contributed by atoms with E-state index >= 15 is 0 Å². The number of benzene rings is 2. The fourth-order valence-electron chi connectivity index (χ4n) is 16.8. The van der Waals surface area contributed by atoms with Gasteiger partial charge in [0, 0.05) is 36.4 Å². The second-order valence-corrected chi connectivity index (χ2v) is 37.9. The van der Waals surface area contributed by atoms with Crippen molar-refractivity contribution < 1.29 is 113 Å². The first-order chi connectivity index (χ1) is 49.6. The molecule has 8 N–H and O–H groups in total. The van der Waals surface area contributed by atoms with Gasteiger partial charge < -0.3 is 51.9 Å². The van der Waals surface area contributed by atoms with Crippen LogP contribution in [0.15, 0.2) is 156 Å². The Labute approximate surface area is 668 Å². The number of nitrogens with zero attached hydrogens (tertiary/aromatic N) is 2. The maximum absolute atomic E-state index is 12.6. The van der Waals surface area contributed by atoms with Crippen molar-refractivity contribution >= 4 is 44.1 Å². The predicted octanol–water partition coefficient (Wildman–Crippen LogP) is 8.05. The number of allylic oxidation sites excluding steroid dienone is 14. The third-order valence-corrected chi connectivity index (χ3v) is 25.0. The van der Waals surface area contributed by atoms with Crippen LogP contribution in [0.2, 0.25) is 0 Å². The molecule has 0 saturated heterocycles. The van der Waals surface area contributed by atoms with Crippen molar-refractivity contribution in [2.24, 2.45) is 118 Å². The molecular formula is C84H122Li2N4O16S2. The van der Waals surface area contributed by atoms with Gasteiger partial charge in [-0.2, -0.15) is 16.8 Å². The number of aliphatic hydroxyl groups is 2. The molecule has 20 nitrogen and oxygen atoms in total. The maximum Gasteiger partial charge on any atom is 1.00 e. The Kier molecular flexibility index (Phi) is 35.7. The molecular weight excluding hydrogens is 1400 g/mol. The number of carboxylic acids is 4. The minimum Gasteiger partial charge on any atom is -0.657 e. The molecule has 0 aromatic heterocycles. The minimum atomic E-state index is -3.88. The first-order valence-electron chi connectivity index (χ1n) is 37.9. The van der Waals surface area contributed by atoms with E-state index in [1.807, 2.05) is 26.0 Å². The van der Waals surface area contributed by atoms with E-state index in [1.165, 1.54) is 37.1 Å². The summed E-state index contributed by atoms with van der Waals surface area (Å²) >= 11 is 0. The Morgan fingerprint density at radius 2 is 0.694 bits per heavy atom. The van der Waals surface area contributed by atoms with Gasteiger partial charge in [0.2, 0.25) is 0 Å². The van der Waals surface area contributed by atoms with Gasteiger partial charge in [-0.15, -0.1) is 24.2 Å². The molecule has 5 saturated carbocycles. The van der Waals surface area contributed by atoms with E-state index < -0.39 is 55.9 Å². The fraction of sp³-hybridized carbons (Fsp3) is 0.619. The van der Waals surface area contributed by atoms with Crippen molar-refractivity contribution in [3.8, 4) is 0 Å². The normalized spacial score (nSPS) is 30.5. The van der Waals surface area contributed by atoms with Crippen molar-refractivity contribution in [1.82, 2.24) is 10.6 Å². The number of aliphatic carboxylic acids is 4. The molecule has 11 aliphatic rings. The third kappa shape index (κ3) is 28.0. The van der Waals surface area contributed by atoms with E-state index in [1.54, 1.807) is 24.3 Å². The number of nitrogens with one attached hydrogen (secondary N) is 2. The van der Waals surface area contributed by atoms with Crippen LogP contribution >= 0.6 is 0 Å². The van der Waals surface area contributed by atoms with Crippen molar-refractivity contribution in [3.05, 3.63) is 168 Å². The Bertz CT molecular complexity index is 3440. The standard InChI is InChI=1S/C23H26O6S2.C17H32N2.C17H30N2.C9H10O4.C9H14O2.C5H6.C4H4O4.2Li/c1-16-3-9-20(10-4-16)30(24,25)28-14-22-18-7-8-19(13-18)23(22)15-29-31(26,27)21-11-5-17(2)6-12-21;2*1-16(2,3)18-10-14-12-7-8-13(9-12)15(14)11-19-17(4,5)6;10-8(11)6-4-1-2-5(3-4)7(6)9(12)13;10-4-8-6-1-2-7(3-6)9(8)5-11;1-2-4-5-3-1;5-3(6)1-2-4(7)8;;/h3-12,18-19,22-23H,13-15H2,1-2H3;7-8,12-15,18-19H,9-11H2,1-6H3;7-8,12-15H,9-11H2,1-6H3;1-2,4-7H,3H2,(H,10,11)(H,12,13);1-2,6-11H,3-5H2;1-4H,5H2;1-2H,(H,5,6)(H,7,8);;/q;;-2;;;;;2*+1/b;;;;;;2-1+;;. The van der Waals surface area contributed by atoms with Crippen molar-refractivity contribution in [3.63, 3.8) is 0 Å². The number of fused-ring (bicyclic) bond motifs is 10. The van der Waals surface area contributed by atoms with E-state index in [-0.39, 0.29) is 132 Å². The monoisotopic (exact) mass is 1520 g/mol. The zero-order valence-electron chi connectivity index (χ0n) is 66.8. The summed E-state index contributed by atoms with van der Waals surface area (Å²) in [5.41, 5.74) is 2.57. The largest absolute Gasteiger partial charge is 1.00 e. The number of rotatable bonds is 22. The predicted molar refractivity (Wildman–Crippen MR) is 415 cm³/mol. The summed E-state index contributed by atoms with van der Waals surface area (Å²) in [7, 11) is -7.76. The van der Waals surface area contributed by atoms with Crippen LogP contribution in [0.5, 0.6) is 0 Å². The molecule has 10 bridgehead atoms. The molecule has 13 rings (SSSR count).